The van der Waals surface area contributed by atoms with Crippen LogP contribution in [0.2, 0.25) is 0 Å². The van der Waals surface area contributed by atoms with Crippen molar-refractivity contribution in [2.24, 2.45) is 5.41 Å². The minimum absolute atomic E-state index is 0.0310. The van der Waals surface area contributed by atoms with Crippen LogP contribution in [0.1, 0.15) is 68.7 Å². The van der Waals surface area contributed by atoms with Crippen LogP contribution in [-0.4, -0.2) is 24.2 Å². The van der Waals surface area contributed by atoms with E-state index >= 15 is 0 Å². The third-order valence-corrected chi connectivity index (χ3v) is 6.37. The Labute approximate surface area is 138 Å². The van der Waals surface area contributed by atoms with Crippen molar-refractivity contribution in [3.05, 3.63) is 33.7 Å². The van der Waals surface area contributed by atoms with Gasteiger partial charge in [0.1, 0.15) is 0 Å². The largest absolute Gasteiger partial charge is 0.381 e. The molecule has 0 amide bonds. The van der Waals surface area contributed by atoms with Crippen molar-refractivity contribution < 1.29 is 4.74 Å². The van der Waals surface area contributed by atoms with Crippen LogP contribution in [0, 0.1) is 5.41 Å². The van der Waals surface area contributed by atoms with E-state index in [-0.39, 0.29) is 5.56 Å². The maximum Gasteiger partial charge on any atom is 0.248 e. The first kappa shape index (κ1) is 15.4. The van der Waals surface area contributed by atoms with E-state index in [1.165, 1.54) is 56.9 Å². The molecule has 1 saturated heterocycles. The van der Waals surface area contributed by atoms with Crippen LogP contribution in [0.5, 0.6) is 0 Å². The number of aromatic amines is 1. The Morgan fingerprint density at radius 1 is 1.09 bits per heavy atom. The van der Waals surface area contributed by atoms with Gasteiger partial charge in [-0.15, -0.1) is 0 Å². The highest BCUT2D eigenvalue weighted by Crippen LogP contribution is 2.44. The van der Waals surface area contributed by atoms with Gasteiger partial charge in [0.25, 0.3) is 0 Å². The molecule has 0 radical (unpaired) electrons. The second-order valence-corrected chi connectivity index (χ2v) is 7.75. The molecule has 4 nitrogen and oxygen atoms in total. The lowest BCUT2D eigenvalue weighted by atomic mass is 9.68. The van der Waals surface area contributed by atoms with Gasteiger partial charge >= 0.3 is 0 Å². The summed E-state index contributed by atoms with van der Waals surface area (Å²) in [6.45, 7) is 1.92. The normalized spacial score (nSPS) is 27.7. The molecule has 3 aliphatic rings. The fourth-order valence-corrected chi connectivity index (χ4v) is 4.86. The van der Waals surface area contributed by atoms with Gasteiger partial charge in [-0.3, -0.25) is 4.79 Å². The number of H-pyrrole nitrogens is 1. The molecule has 1 spiro atoms. The number of pyridine rings is 1. The van der Waals surface area contributed by atoms with Gasteiger partial charge in [0, 0.05) is 37.1 Å². The Morgan fingerprint density at radius 3 is 2.65 bits per heavy atom. The first-order chi connectivity index (χ1) is 11.2. The highest BCUT2D eigenvalue weighted by atomic mass is 16.5. The van der Waals surface area contributed by atoms with Crippen molar-refractivity contribution in [1.82, 2.24) is 10.3 Å². The fraction of sp³-hybridized carbons (Fsp3) is 0.737. The van der Waals surface area contributed by atoms with Gasteiger partial charge in [0.2, 0.25) is 5.56 Å². The lowest BCUT2D eigenvalue weighted by Crippen LogP contribution is -2.42. The SMILES string of the molecule is O=c1ccc2c([nH]1)CCCC2NC1CCC2(CCOCC2)CC1. The minimum atomic E-state index is 0.0310. The number of nitrogens with one attached hydrogen (secondary N) is 2. The van der Waals surface area contributed by atoms with Gasteiger partial charge in [0.05, 0.1) is 0 Å². The second-order valence-electron chi connectivity index (χ2n) is 7.75. The zero-order valence-corrected chi connectivity index (χ0v) is 13.9. The maximum atomic E-state index is 11.5. The molecule has 0 aromatic carbocycles. The number of hydrogen-bond acceptors (Lipinski definition) is 3. The van der Waals surface area contributed by atoms with Gasteiger partial charge in [-0.1, -0.05) is 6.07 Å². The number of aromatic nitrogens is 1. The Bertz CT molecular complexity index is 594. The van der Waals surface area contributed by atoms with Crippen LogP contribution < -0.4 is 10.9 Å². The first-order valence-electron chi connectivity index (χ1n) is 9.30. The Hall–Kier alpha value is -1.13. The van der Waals surface area contributed by atoms with E-state index in [4.69, 9.17) is 4.74 Å². The molecule has 126 valence electrons. The number of ether oxygens (including phenoxy) is 1. The van der Waals surface area contributed by atoms with Crippen LogP contribution in [0.15, 0.2) is 16.9 Å². The predicted molar refractivity (Wildman–Crippen MR) is 90.6 cm³/mol. The molecule has 0 bridgehead atoms. The summed E-state index contributed by atoms with van der Waals surface area (Å²) in [6, 6.07) is 4.76. The molecule has 23 heavy (non-hydrogen) atoms. The molecule has 1 aliphatic heterocycles. The molecule has 2 aliphatic carbocycles. The van der Waals surface area contributed by atoms with Gasteiger partial charge in [-0.05, 0) is 68.8 Å². The van der Waals surface area contributed by atoms with Crippen molar-refractivity contribution in [2.45, 2.75) is 69.9 Å². The topological polar surface area (TPSA) is 54.1 Å². The van der Waals surface area contributed by atoms with E-state index in [1.54, 1.807) is 6.07 Å². The Kier molecular flexibility index (Phi) is 4.29. The Morgan fingerprint density at radius 2 is 1.87 bits per heavy atom. The van der Waals surface area contributed by atoms with Crippen LogP contribution in [0.25, 0.3) is 0 Å². The summed E-state index contributed by atoms with van der Waals surface area (Å²) in [6.07, 6.45) is 11.1. The maximum absolute atomic E-state index is 11.5. The van der Waals surface area contributed by atoms with E-state index in [0.29, 0.717) is 17.5 Å². The van der Waals surface area contributed by atoms with Gasteiger partial charge < -0.3 is 15.0 Å². The molecule has 1 atom stereocenters. The smallest absolute Gasteiger partial charge is 0.248 e. The average molecular weight is 316 g/mol. The van der Waals surface area contributed by atoms with Crippen molar-refractivity contribution in [1.29, 1.82) is 0 Å². The summed E-state index contributed by atoms with van der Waals surface area (Å²) in [7, 11) is 0. The van der Waals surface area contributed by atoms with E-state index in [0.717, 1.165) is 25.3 Å². The van der Waals surface area contributed by atoms with Crippen molar-refractivity contribution in [2.75, 3.05) is 13.2 Å². The molecule has 1 unspecified atom stereocenters. The van der Waals surface area contributed by atoms with Gasteiger partial charge in [-0.2, -0.15) is 0 Å². The van der Waals surface area contributed by atoms with Gasteiger partial charge in [0.15, 0.2) is 0 Å². The third-order valence-electron chi connectivity index (χ3n) is 6.37. The van der Waals surface area contributed by atoms with Crippen LogP contribution in [0.3, 0.4) is 0 Å². The lowest BCUT2D eigenvalue weighted by molar-refractivity contribution is -0.00998. The molecule has 1 saturated carbocycles. The monoisotopic (exact) mass is 316 g/mol. The standard InChI is InChI=1S/C19H28N2O2/c22-18-5-4-15-16(2-1-3-17(15)21-18)20-14-6-8-19(9-7-14)10-12-23-13-11-19/h4-5,14,16,20H,1-3,6-13H2,(H,21,22). The zero-order valence-electron chi connectivity index (χ0n) is 13.9. The van der Waals surface area contributed by atoms with Gasteiger partial charge in [-0.25, -0.2) is 0 Å². The Balaban J connectivity index is 1.39. The van der Waals surface area contributed by atoms with Crippen LogP contribution in [0.4, 0.5) is 0 Å². The number of hydrogen-bond donors (Lipinski definition) is 2. The second kappa shape index (κ2) is 6.40. The quantitative estimate of drug-likeness (QED) is 0.881. The summed E-state index contributed by atoms with van der Waals surface area (Å²) < 4.78 is 5.55. The predicted octanol–water partition coefficient (Wildman–Crippen LogP) is 3.08. The first-order valence-corrected chi connectivity index (χ1v) is 9.30. The average Bonchev–Trinajstić information content (AvgIpc) is 2.58. The van der Waals surface area contributed by atoms with Crippen LogP contribution in [-0.2, 0) is 11.2 Å². The fourth-order valence-electron chi connectivity index (χ4n) is 4.86. The molecule has 2 N–H and O–H groups in total. The van der Waals surface area contributed by atoms with Crippen molar-refractivity contribution in [3.8, 4) is 0 Å². The highest BCUT2D eigenvalue weighted by Gasteiger charge is 2.37. The molecule has 2 fully saturated rings. The summed E-state index contributed by atoms with van der Waals surface area (Å²) in [5.41, 5.74) is 3.08. The van der Waals surface area contributed by atoms with Crippen molar-refractivity contribution >= 4 is 0 Å². The number of rotatable bonds is 2. The molecular weight excluding hydrogens is 288 g/mol. The summed E-state index contributed by atoms with van der Waals surface area (Å²) >= 11 is 0. The molecule has 2 heterocycles. The number of fused-ring (bicyclic) bond motifs is 1. The molecule has 4 heteroatoms. The van der Waals surface area contributed by atoms with Crippen LogP contribution >= 0.6 is 0 Å². The summed E-state index contributed by atoms with van der Waals surface area (Å²) in [4.78, 5) is 14.6. The summed E-state index contributed by atoms with van der Waals surface area (Å²) in [5, 5.41) is 3.90. The number of aryl methyl sites for hydroxylation is 1. The summed E-state index contributed by atoms with van der Waals surface area (Å²) in [5.74, 6) is 0. The van der Waals surface area contributed by atoms with E-state index < -0.39 is 0 Å². The highest BCUT2D eigenvalue weighted by molar-refractivity contribution is 5.26. The van der Waals surface area contributed by atoms with E-state index in [9.17, 15) is 4.79 Å². The minimum Gasteiger partial charge on any atom is -0.381 e. The zero-order chi connectivity index (χ0) is 15.7. The molecular formula is C19H28N2O2. The van der Waals surface area contributed by atoms with Crippen molar-refractivity contribution in [3.63, 3.8) is 0 Å². The van der Waals surface area contributed by atoms with E-state index in [2.05, 4.69) is 10.3 Å². The molecule has 1 aromatic rings. The lowest BCUT2D eigenvalue weighted by Gasteiger charge is -2.44. The molecule has 1 aromatic heterocycles. The van der Waals surface area contributed by atoms with E-state index in [1.807, 2.05) is 6.07 Å². The molecule has 4 rings (SSSR count). The third kappa shape index (κ3) is 3.24.